The first kappa shape index (κ1) is 11.4. The summed E-state index contributed by atoms with van der Waals surface area (Å²) in [5.74, 6) is -0.595. The molecule has 2 rings (SSSR count). The third kappa shape index (κ3) is 1.91. The lowest BCUT2D eigenvalue weighted by atomic mass is 10.0. The second-order valence-corrected chi connectivity index (χ2v) is 4.47. The molecule has 0 amide bonds. The van der Waals surface area contributed by atoms with Crippen LogP contribution in [0.15, 0.2) is 22.7 Å². The fourth-order valence-electron chi connectivity index (χ4n) is 1.74. The molecule has 1 atom stereocenters. The minimum Gasteiger partial charge on any atom is -0.467 e. The third-order valence-electron chi connectivity index (χ3n) is 2.73. The molecule has 1 fully saturated rings. The smallest absolute Gasteiger partial charge is 0.328 e. The Bertz CT molecular complexity index is 424. The van der Waals surface area contributed by atoms with Crippen LogP contribution in [0.25, 0.3) is 0 Å². The van der Waals surface area contributed by atoms with Gasteiger partial charge < -0.3 is 9.64 Å². The highest BCUT2D eigenvalue weighted by atomic mass is 79.9. The molecule has 3 nitrogen and oxygen atoms in total. The monoisotopic (exact) mass is 287 g/mol. The van der Waals surface area contributed by atoms with Crippen molar-refractivity contribution in [3.63, 3.8) is 0 Å². The van der Waals surface area contributed by atoms with Crippen molar-refractivity contribution in [1.29, 1.82) is 0 Å². The minimum absolute atomic E-state index is 0.269. The molecule has 1 aromatic rings. The van der Waals surface area contributed by atoms with E-state index in [9.17, 15) is 9.18 Å². The van der Waals surface area contributed by atoms with E-state index >= 15 is 0 Å². The Labute approximate surface area is 101 Å². The molecule has 1 aliphatic heterocycles. The van der Waals surface area contributed by atoms with Crippen LogP contribution in [-0.2, 0) is 9.53 Å². The van der Waals surface area contributed by atoms with Gasteiger partial charge in [0.1, 0.15) is 11.9 Å². The Morgan fingerprint density at radius 3 is 2.88 bits per heavy atom. The van der Waals surface area contributed by atoms with Crippen LogP contribution in [0.4, 0.5) is 10.1 Å². The van der Waals surface area contributed by atoms with Crippen LogP contribution in [0.2, 0.25) is 0 Å². The third-order valence-corrected chi connectivity index (χ3v) is 3.37. The molecule has 0 radical (unpaired) electrons. The summed E-state index contributed by atoms with van der Waals surface area (Å²) >= 11 is 3.09. The molecule has 1 aromatic carbocycles. The van der Waals surface area contributed by atoms with E-state index in [1.807, 2.05) is 4.90 Å². The molecule has 0 bridgehead atoms. The number of rotatable bonds is 2. The summed E-state index contributed by atoms with van der Waals surface area (Å²) in [7, 11) is 1.36. The van der Waals surface area contributed by atoms with Crippen molar-refractivity contribution in [3.05, 3.63) is 28.5 Å². The van der Waals surface area contributed by atoms with Gasteiger partial charge in [-0.1, -0.05) is 0 Å². The highest BCUT2D eigenvalue weighted by molar-refractivity contribution is 9.10. The highest BCUT2D eigenvalue weighted by Crippen LogP contribution is 2.29. The number of anilines is 1. The Morgan fingerprint density at radius 2 is 2.38 bits per heavy atom. The number of carbonyl (C=O) groups is 1. The average molecular weight is 288 g/mol. The van der Waals surface area contributed by atoms with Crippen LogP contribution in [0.5, 0.6) is 0 Å². The lowest BCUT2D eigenvalue weighted by molar-refractivity contribution is -0.143. The van der Waals surface area contributed by atoms with Crippen LogP contribution < -0.4 is 4.90 Å². The molecular weight excluding hydrogens is 277 g/mol. The van der Waals surface area contributed by atoms with E-state index in [0.717, 1.165) is 13.0 Å². The van der Waals surface area contributed by atoms with Gasteiger partial charge >= 0.3 is 5.97 Å². The van der Waals surface area contributed by atoms with Gasteiger partial charge in [-0.15, -0.1) is 0 Å². The van der Waals surface area contributed by atoms with Crippen LogP contribution >= 0.6 is 15.9 Å². The predicted octanol–water partition coefficient (Wildman–Crippen LogP) is 2.34. The molecule has 5 heteroatoms. The van der Waals surface area contributed by atoms with Crippen molar-refractivity contribution >= 4 is 27.6 Å². The highest BCUT2D eigenvalue weighted by Gasteiger charge is 2.35. The van der Waals surface area contributed by atoms with E-state index in [1.54, 1.807) is 12.1 Å². The summed E-state index contributed by atoms with van der Waals surface area (Å²) in [5.41, 5.74) is 0.711. The second-order valence-electron chi connectivity index (χ2n) is 3.62. The van der Waals surface area contributed by atoms with Crippen molar-refractivity contribution < 1.29 is 13.9 Å². The lowest BCUT2D eigenvalue weighted by Crippen LogP contribution is -2.53. The first-order chi connectivity index (χ1) is 7.63. The maximum absolute atomic E-state index is 13.3. The normalized spacial score (nSPS) is 19.2. The number of halogens is 2. The quantitative estimate of drug-likeness (QED) is 0.782. The predicted molar refractivity (Wildman–Crippen MR) is 61.9 cm³/mol. The Kier molecular flexibility index (Phi) is 3.14. The topological polar surface area (TPSA) is 29.5 Å². The van der Waals surface area contributed by atoms with Gasteiger partial charge in [0, 0.05) is 12.2 Å². The van der Waals surface area contributed by atoms with E-state index in [1.165, 1.54) is 13.2 Å². The summed E-state index contributed by atoms with van der Waals surface area (Å²) in [4.78, 5) is 13.2. The summed E-state index contributed by atoms with van der Waals surface area (Å²) in [6.07, 6.45) is 0.754. The Morgan fingerprint density at radius 1 is 1.62 bits per heavy atom. The van der Waals surface area contributed by atoms with E-state index in [0.29, 0.717) is 10.2 Å². The molecular formula is C11H11BrFNO2. The van der Waals surface area contributed by atoms with Gasteiger partial charge in [0.2, 0.25) is 0 Å². The summed E-state index contributed by atoms with van der Waals surface area (Å²) < 4.78 is 18.4. The number of nitrogens with zero attached hydrogens (tertiary/aromatic N) is 1. The maximum Gasteiger partial charge on any atom is 0.328 e. The molecule has 1 heterocycles. The first-order valence-corrected chi connectivity index (χ1v) is 5.72. The Balaban J connectivity index is 2.19. The van der Waals surface area contributed by atoms with E-state index in [4.69, 9.17) is 0 Å². The van der Waals surface area contributed by atoms with Crippen molar-refractivity contribution in [2.75, 3.05) is 18.6 Å². The van der Waals surface area contributed by atoms with Gasteiger partial charge in [0.15, 0.2) is 0 Å². The van der Waals surface area contributed by atoms with Gasteiger partial charge in [-0.05, 0) is 40.5 Å². The van der Waals surface area contributed by atoms with Gasteiger partial charge in [-0.3, -0.25) is 0 Å². The fraction of sp³-hybridized carbons (Fsp3) is 0.364. The number of esters is 1. The Hall–Kier alpha value is -1.10. The zero-order chi connectivity index (χ0) is 11.7. The lowest BCUT2D eigenvalue weighted by Gasteiger charge is -2.40. The number of hydrogen-bond donors (Lipinski definition) is 0. The van der Waals surface area contributed by atoms with Crippen molar-refractivity contribution in [1.82, 2.24) is 0 Å². The molecule has 16 heavy (non-hydrogen) atoms. The number of methoxy groups -OCH3 is 1. The summed E-state index contributed by atoms with van der Waals surface area (Å²) in [6.45, 7) is 0.751. The van der Waals surface area contributed by atoms with Crippen LogP contribution in [-0.4, -0.2) is 25.7 Å². The molecule has 0 aromatic heterocycles. The second kappa shape index (κ2) is 4.41. The number of carbonyl (C=O) groups excluding carboxylic acids is 1. The van der Waals surface area contributed by atoms with Crippen molar-refractivity contribution in [2.24, 2.45) is 0 Å². The summed E-state index contributed by atoms with van der Waals surface area (Å²) in [6, 6.07) is 4.56. The SMILES string of the molecule is COC(=O)C1CCN1c1ccc(Br)c(F)c1. The molecule has 1 aliphatic rings. The van der Waals surface area contributed by atoms with Crippen LogP contribution in [0.1, 0.15) is 6.42 Å². The van der Waals surface area contributed by atoms with Gasteiger partial charge in [0.25, 0.3) is 0 Å². The van der Waals surface area contributed by atoms with Crippen molar-refractivity contribution in [3.8, 4) is 0 Å². The molecule has 1 saturated heterocycles. The standard InChI is InChI=1S/C11H11BrFNO2/c1-16-11(15)10-4-5-14(10)7-2-3-8(12)9(13)6-7/h2-3,6,10H,4-5H2,1H3. The van der Waals surface area contributed by atoms with E-state index in [2.05, 4.69) is 20.7 Å². The van der Waals surface area contributed by atoms with E-state index in [-0.39, 0.29) is 17.8 Å². The molecule has 1 unspecified atom stereocenters. The maximum atomic E-state index is 13.3. The van der Waals surface area contributed by atoms with Crippen molar-refractivity contribution in [2.45, 2.75) is 12.5 Å². The summed E-state index contributed by atoms with van der Waals surface area (Å²) in [5, 5.41) is 0. The molecule has 0 spiro atoms. The van der Waals surface area contributed by atoms with Gasteiger partial charge in [0.05, 0.1) is 11.6 Å². The molecule has 0 N–H and O–H groups in total. The molecule has 0 saturated carbocycles. The van der Waals surface area contributed by atoms with E-state index < -0.39 is 0 Å². The van der Waals surface area contributed by atoms with Crippen LogP contribution in [0.3, 0.4) is 0 Å². The average Bonchev–Trinajstić information content (AvgIpc) is 2.21. The number of hydrogen-bond acceptors (Lipinski definition) is 3. The zero-order valence-corrected chi connectivity index (χ0v) is 10.3. The fourth-order valence-corrected chi connectivity index (χ4v) is 1.99. The number of ether oxygens (including phenoxy) is 1. The van der Waals surface area contributed by atoms with Crippen LogP contribution in [0, 0.1) is 5.82 Å². The first-order valence-electron chi connectivity index (χ1n) is 4.93. The largest absolute Gasteiger partial charge is 0.467 e. The van der Waals surface area contributed by atoms with Gasteiger partial charge in [-0.25, -0.2) is 9.18 Å². The number of benzene rings is 1. The molecule has 86 valence electrons. The molecule has 0 aliphatic carbocycles. The zero-order valence-electron chi connectivity index (χ0n) is 8.74. The minimum atomic E-state index is -0.326. The van der Waals surface area contributed by atoms with Gasteiger partial charge in [-0.2, -0.15) is 0 Å².